The van der Waals surface area contributed by atoms with E-state index in [9.17, 15) is 4.79 Å². The van der Waals surface area contributed by atoms with Gasteiger partial charge in [-0.05, 0) is 36.1 Å². The largest absolute Gasteiger partial charge is 0.497 e. The Morgan fingerprint density at radius 3 is 2.35 bits per heavy atom. The predicted octanol–water partition coefficient (Wildman–Crippen LogP) is 3.23. The number of carbonyl (C=O) groups is 1. The van der Waals surface area contributed by atoms with Gasteiger partial charge in [-0.15, -0.1) is 0 Å². The van der Waals surface area contributed by atoms with E-state index in [0.29, 0.717) is 13.1 Å². The highest BCUT2D eigenvalue weighted by atomic mass is 16.5. The Morgan fingerprint density at radius 1 is 1.04 bits per heavy atom. The molecule has 0 radical (unpaired) electrons. The monoisotopic (exact) mass is 310 g/mol. The molecule has 0 spiro atoms. The third-order valence-electron chi connectivity index (χ3n) is 4.44. The maximum atomic E-state index is 12.0. The number of hydrogen-bond donors (Lipinski definition) is 2. The van der Waals surface area contributed by atoms with Crippen LogP contribution in [0.5, 0.6) is 5.75 Å². The smallest absolute Gasteiger partial charge is 0.315 e. The van der Waals surface area contributed by atoms with Crippen molar-refractivity contribution in [1.29, 1.82) is 0 Å². The maximum Gasteiger partial charge on any atom is 0.315 e. The Labute approximate surface area is 136 Å². The molecule has 4 nitrogen and oxygen atoms in total. The zero-order chi connectivity index (χ0) is 16.1. The van der Waals surface area contributed by atoms with Gasteiger partial charge in [-0.25, -0.2) is 4.79 Å². The van der Waals surface area contributed by atoms with Crippen LogP contribution in [0.1, 0.15) is 24.0 Å². The first kappa shape index (κ1) is 15.4. The quantitative estimate of drug-likeness (QED) is 0.860. The van der Waals surface area contributed by atoms with Gasteiger partial charge < -0.3 is 15.4 Å². The molecule has 4 heteroatoms. The molecule has 1 fully saturated rings. The summed E-state index contributed by atoms with van der Waals surface area (Å²) in [7, 11) is 1.64. The maximum absolute atomic E-state index is 12.0. The molecule has 1 aliphatic carbocycles. The molecule has 0 aromatic heterocycles. The van der Waals surface area contributed by atoms with Gasteiger partial charge in [0.05, 0.1) is 7.11 Å². The standard InChI is InChI=1S/C19H22N2O2/c1-23-17-9-7-15(8-10-17)13-20-18(22)21-14-19(11-12-19)16-5-3-2-4-6-16/h2-10H,11-14H2,1H3,(H2,20,21,22). The average Bonchev–Trinajstić information content (AvgIpc) is 3.41. The number of amides is 2. The number of ether oxygens (including phenoxy) is 1. The van der Waals surface area contributed by atoms with Crippen molar-refractivity contribution in [3.05, 3.63) is 65.7 Å². The van der Waals surface area contributed by atoms with Gasteiger partial charge in [-0.2, -0.15) is 0 Å². The summed E-state index contributed by atoms with van der Waals surface area (Å²) in [5.41, 5.74) is 2.50. The number of benzene rings is 2. The molecule has 0 bridgehead atoms. The number of methoxy groups -OCH3 is 1. The number of rotatable bonds is 6. The topological polar surface area (TPSA) is 50.4 Å². The van der Waals surface area contributed by atoms with Crippen LogP contribution in [0.15, 0.2) is 54.6 Å². The molecule has 120 valence electrons. The van der Waals surface area contributed by atoms with Gasteiger partial charge >= 0.3 is 6.03 Å². The number of urea groups is 1. The van der Waals surface area contributed by atoms with Crippen molar-refractivity contribution in [3.63, 3.8) is 0 Å². The number of carbonyl (C=O) groups excluding carboxylic acids is 1. The molecule has 3 rings (SSSR count). The molecule has 2 N–H and O–H groups in total. The highest BCUT2D eigenvalue weighted by Gasteiger charge is 2.44. The van der Waals surface area contributed by atoms with Crippen LogP contribution < -0.4 is 15.4 Å². The molecule has 2 aromatic rings. The van der Waals surface area contributed by atoms with Crippen LogP contribution in [0.3, 0.4) is 0 Å². The van der Waals surface area contributed by atoms with Gasteiger partial charge in [0.15, 0.2) is 0 Å². The molecular formula is C19H22N2O2. The Bertz CT molecular complexity index is 649. The van der Waals surface area contributed by atoms with Gasteiger partial charge in [-0.1, -0.05) is 42.5 Å². The molecule has 1 aliphatic rings. The summed E-state index contributed by atoms with van der Waals surface area (Å²) in [6.45, 7) is 1.19. The third-order valence-corrected chi connectivity index (χ3v) is 4.44. The Balaban J connectivity index is 1.46. The molecule has 0 heterocycles. The van der Waals surface area contributed by atoms with Crippen LogP contribution in [0.2, 0.25) is 0 Å². The van der Waals surface area contributed by atoms with E-state index in [2.05, 4.69) is 34.9 Å². The van der Waals surface area contributed by atoms with Crippen LogP contribution in [-0.2, 0) is 12.0 Å². The summed E-state index contributed by atoms with van der Waals surface area (Å²) in [6.07, 6.45) is 2.27. The highest BCUT2D eigenvalue weighted by Crippen LogP contribution is 2.47. The minimum atomic E-state index is -0.122. The zero-order valence-corrected chi connectivity index (χ0v) is 13.3. The van der Waals surface area contributed by atoms with E-state index in [0.717, 1.165) is 24.2 Å². The average molecular weight is 310 g/mol. The molecule has 0 atom stereocenters. The molecule has 1 saturated carbocycles. The molecule has 2 amide bonds. The first-order chi connectivity index (χ1) is 11.2. The summed E-state index contributed by atoms with van der Waals surface area (Å²) in [6, 6.07) is 18.0. The van der Waals surface area contributed by atoms with E-state index in [1.807, 2.05) is 30.3 Å². The summed E-state index contributed by atoms with van der Waals surface area (Å²) in [4.78, 5) is 12.0. The Morgan fingerprint density at radius 2 is 1.74 bits per heavy atom. The zero-order valence-electron chi connectivity index (χ0n) is 13.3. The van der Waals surface area contributed by atoms with Crippen LogP contribution in [0.25, 0.3) is 0 Å². The van der Waals surface area contributed by atoms with E-state index in [4.69, 9.17) is 4.74 Å². The van der Waals surface area contributed by atoms with Crippen molar-refractivity contribution in [1.82, 2.24) is 10.6 Å². The van der Waals surface area contributed by atoms with Gasteiger partial charge in [0.2, 0.25) is 0 Å². The number of hydrogen-bond acceptors (Lipinski definition) is 2. The summed E-state index contributed by atoms with van der Waals surface area (Å²) in [5.74, 6) is 0.816. The van der Waals surface area contributed by atoms with Crippen LogP contribution in [-0.4, -0.2) is 19.7 Å². The van der Waals surface area contributed by atoms with Gasteiger partial charge in [0, 0.05) is 18.5 Å². The fourth-order valence-electron chi connectivity index (χ4n) is 2.75. The number of nitrogens with one attached hydrogen (secondary N) is 2. The van der Waals surface area contributed by atoms with Crippen molar-refractivity contribution in [2.75, 3.05) is 13.7 Å². The molecule has 0 unspecified atom stereocenters. The fourth-order valence-corrected chi connectivity index (χ4v) is 2.75. The SMILES string of the molecule is COc1ccc(CNC(=O)NCC2(c3ccccc3)CC2)cc1. The minimum Gasteiger partial charge on any atom is -0.497 e. The fraction of sp³-hybridized carbons (Fsp3) is 0.316. The Kier molecular flexibility index (Phi) is 4.51. The van der Waals surface area contributed by atoms with Gasteiger partial charge in [0.25, 0.3) is 0 Å². The molecule has 23 heavy (non-hydrogen) atoms. The lowest BCUT2D eigenvalue weighted by molar-refractivity contribution is 0.239. The second-order valence-corrected chi connectivity index (χ2v) is 6.03. The first-order valence-electron chi connectivity index (χ1n) is 7.92. The van der Waals surface area contributed by atoms with Crippen LogP contribution in [0, 0.1) is 0 Å². The second kappa shape index (κ2) is 6.73. The normalized spacial score (nSPS) is 14.8. The van der Waals surface area contributed by atoms with E-state index in [-0.39, 0.29) is 11.4 Å². The second-order valence-electron chi connectivity index (χ2n) is 6.03. The summed E-state index contributed by atoms with van der Waals surface area (Å²) < 4.78 is 5.12. The molecule has 0 saturated heterocycles. The van der Waals surface area contributed by atoms with E-state index in [1.54, 1.807) is 7.11 Å². The molecule has 2 aromatic carbocycles. The van der Waals surface area contributed by atoms with Gasteiger partial charge in [0.1, 0.15) is 5.75 Å². The third kappa shape index (κ3) is 3.83. The summed E-state index contributed by atoms with van der Waals surface area (Å²) >= 11 is 0. The van der Waals surface area contributed by atoms with Crippen molar-refractivity contribution < 1.29 is 9.53 Å². The predicted molar refractivity (Wildman–Crippen MR) is 90.6 cm³/mol. The van der Waals surface area contributed by atoms with Crippen LogP contribution in [0.4, 0.5) is 4.79 Å². The summed E-state index contributed by atoms with van der Waals surface area (Å²) in [5, 5.41) is 5.90. The Hall–Kier alpha value is -2.49. The van der Waals surface area contributed by atoms with E-state index < -0.39 is 0 Å². The van der Waals surface area contributed by atoms with E-state index >= 15 is 0 Å². The minimum absolute atomic E-state index is 0.122. The van der Waals surface area contributed by atoms with E-state index in [1.165, 1.54) is 5.56 Å². The lowest BCUT2D eigenvalue weighted by atomic mass is 9.96. The van der Waals surface area contributed by atoms with Crippen molar-refractivity contribution >= 4 is 6.03 Å². The van der Waals surface area contributed by atoms with Crippen molar-refractivity contribution in [2.24, 2.45) is 0 Å². The molecule has 0 aliphatic heterocycles. The van der Waals surface area contributed by atoms with Crippen molar-refractivity contribution in [3.8, 4) is 5.75 Å². The lowest BCUT2D eigenvalue weighted by Gasteiger charge is -2.17. The van der Waals surface area contributed by atoms with Crippen molar-refractivity contribution in [2.45, 2.75) is 24.8 Å². The first-order valence-corrected chi connectivity index (χ1v) is 7.92. The molecular weight excluding hydrogens is 288 g/mol. The van der Waals surface area contributed by atoms with Gasteiger partial charge in [-0.3, -0.25) is 0 Å². The van der Waals surface area contributed by atoms with Crippen LogP contribution >= 0.6 is 0 Å². The highest BCUT2D eigenvalue weighted by molar-refractivity contribution is 5.74. The lowest BCUT2D eigenvalue weighted by Crippen LogP contribution is -2.39.